The fourth-order valence-electron chi connectivity index (χ4n) is 1.77. The summed E-state index contributed by atoms with van der Waals surface area (Å²) >= 11 is 6.06. The number of hydrogen-bond donors (Lipinski definition) is 0. The summed E-state index contributed by atoms with van der Waals surface area (Å²) in [4.78, 5) is 10.3. The number of nitrogens with zero attached hydrogens (tertiary/aromatic N) is 1. The van der Waals surface area contributed by atoms with Crippen LogP contribution in [-0.2, 0) is 6.42 Å². The van der Waals surface area contributed by atoms with E-state index in [-0.39, 0.29) is 5.69 Å². The van der Waals surface area contributed by atoms with E-state index < -0.39 is 4.92 Å². The van der Waals surface area contributed by atoms with E-state index in [2.05, 4.69) is 0 Å². The molecule has 0 saturated carbocycles. The summed E-state index contributed by atoms with van der Waals surface area (Å²) < 4.78 is 5.08. The van der Waals surface area contributed by atoms with Crippen molar-refractivity contribution >= 4 is 17.3 Å². The molecule has 0 spiro atoms. The van der Waals surface area contributed by atoms with E-state index in [1.165, 1.54) is 12.1 Å². The number of non-ortho nitro benzene ring substituents is 1. The molecule has 0 radical (unpaired) electrons. The van der Waals surface area contributed by atoms with Gasteiger partial charge in [-0.25, -0.2) is 0 Å². The normalized spacial score (nSPS) is 10.2. The van der Waals surface area contributed by atoms with Crippen molar-refractivity contribution in [3.05, 3.63) is 68.7 Å². The summed E-state index contributed by atoms with van der Waals surface area (Å²) in [6, 6.07) is 12.0. The molecule has 0 atom stereocenters. The van der Waals surface area contributed by atoms with Gasteiger partial charge in [-0.1, -0.05) is 23.7 Å². The molecule has 2 aromatic carbocycles. The minimum absolute atomic E-state index is 0.0490. The quantitative estimate of drug-likeness (QED) is 0.630. The van der Waals surface area contributed by atoms with Gasteiger partial charge in [0.1, 0.15) is 5.75 Å². The maximum atomic E-state index is 10.7. The molecule has 5 heteroatoms. The third kappa shape index (κ3) is 3.23. The van der Waals surface area contributed by atoms with Crippen molar-refractivity contribution in [2.24, 2.45) is 0 Å². The van der Waals surface area contributed by atoms with Crippen LogP contribution in [0.3, 0.4) is 0 Å². The van der Waals surface area contributed by atoms with Gasteiger partial charge in [0.05, 0.1) is 12.0 Å². The predicted molar refractivity (Wildman–Crippen MR) is 73.9 cm³/mol. The molecule has 4 nitrogen and oxygen atoms in total. The van der Waals surface area contributed by atoms with E-state index in [9.17, 15) is 10.1 Å². The van der Waals surface area contributed by atoms with Crippen LogP contribution in [0.15, 0.2) is 42.5 Å². The van der Waals surface area contributed by atoms with Gasteiger partial charge in [-0.05, 0) is 35.7 Å². The predicted octanol–water partition coefficient (Wildman–Crippen LogP) is 3.85. The van der Waals surface area contributed by atoms with Crippen molar-refractivity contribution < 1.29 is 9.66 Å². The number of benzene rings is 2. The van der Waals surface area contributed by atoms with Gasteiger partial charge >= 0.3 is 0 Å². The van der Waals surface area contributed by atoms with Gasteiger partial charge in [-0.2, -0.15) is 0 Å². The molecular weight excluding hydrogens is 266 g/mol. The van der Waals surface area contributed by atoms with E-state index in [0.717, 1.165) is 16.9 Å². The van der Waals surface area contributed by atoms with E-state index in [0.29, 0.717) is 11.4 Å². The largest absolute Gasteiger partial charge is 0.497 e. The zero-order valence-electron chi connectivity index (χ0n) is 10.3. The Hall–Kier alpha value is -2.07. The lowest BCUT2D eigenvalue weighted by molar-refractivity contribution is -0.384. The second kappa shape index (κ2) is 5.71. The van der Waals surface area contributed by atoms with Crippen molar-refractivity contribution in [2.75, 3.05) is 7.11 Å². The molecule has 0 bridgehead atoms. The Morgan fingerprint density at radius 2 is 1.89 bits per heavy atom. The topological polar surface area (TPSA) is 52.4 Å². The minimum Gasteiger partial charge on any atom is -0.497 e. The van der Waals surface area contributed by atoms with Gasteiger partial charge in [-0.3, -0.25) is 10.1 Å². The fourth-order valence-corrected chi connectivity index (χ4v) is 1.96. The molecule has 0 aromatic heterocycles. The summed E-state index contributed by atoms with van der Waals surface area (Å²) in [5.41, 5.74) is 1.80. The number of ether oxygens (including phenoxy) is 1. The maximum Gasteiger partial charge on any atom is 0.269 e. The second-order valence-corrected chi connectivity index (χ2v) is 4.46. The standard InChI is InChI=1S/C14H12ClNO3/c1-19-13-5-2-10(3-6-13)8-11-9-12(16(17)18)4-7-14(11)15/h2-7,9H,8H2,1H3. The van der Waals surface area contributed by atoms with Gasteiger partial charge in [0.25, 0.3) is 5.69 Å². The van der Waals surface area contributed by atoms with E-state index in [1.54, 1.807) is 13.2 Å². The van der Waals surface area contributed by atoms with E-state index in [1.807, 2.05) is 24.3 Å². The van der Waals surface area contributed by atoms with Gasteiger partial charge < -0.3 is 4.74 Å². The Morgan fingerprint density at radius 1 is 1.21 bits per heavy atom. The number of halogens is 1. The summed E-state index contributed by atoms with van der Waals surface area (Å²) in [6.07, 6.45) is 0.546. The second-order valence-electron chi connectivity index (χ2n) is 4.06. The molecule has 2 rings (SSSR count). The Bertz CT molecular complexity index is 596. The third-order valence-corrected chi connectivity index (χ3v) is 3.16. The lowest BCUT2D eigenvalue weighted by Crippen LogP contribution is -1.93. The monoisotopic (exact) mass is 277 g/mol. The molecule has 2 aromatic rings. The number of methoxy groups -OCH3 is 1. The summed E-state index contributed by atoms with van der Waals surface area (Å²) in [7, 11) is 1.60. The highest BCUT2D eigenvalue weighted by Gasteiger charge is 2.10. The van der Waals surface area contributed by atoms with Crippen LogP contribution in [0, 0.1) is 10.1 Å². The number of rotatable bonds is 4. The first kappa shape index (κ1) is 13.4. The molecule has 0 N–H and O–H groups in total. The zero-order chi connectivity index (χ0) is 13.8. The molecule has 0 aliphatic rings. The average molecular weight is 278 g/mol. The van der Waals surface area contributed by atoms with Crippen LogP contribution in [0.25, 0.3) is 0 Å². The average Bonchev–Trinajstić information content (AvgIpc) is 2.42. The molecule has 0 aliphatic heterocycles. The van der Waals surface area contributed by atoms with Crippen LogP contribution in [0.2, 0.25) is 5.02 Å². The van der Waals surface area contributed by atoms with E-state index in [4.69, 9.17) is 16.3 Å². The van der Waals surface area contributed by atoms with Crippen LogP contribution in [-0.4, -0.2) is 12.0 Å². The molecule has 98 valence electrons. The van der Waals surface area contributed by atoms with Crippen molar-refractivity contribution in [3.8, 4) is 5.75 Å². The number of hydrogen-bond acceptors (Lipinski definition) is 3. The summed E-state index contributed by atoms with van der Waals surface area (Å²) in [6.45, 7) is 0. The Morgan fingerprint density at radius 3 is 2.47 bits per heavy atom. The highest BCUT2D eigenvalue weighted by Crippen LogP contribution is 2.25. The molecule has 0 amide bonds. The lowest BCUT2D eigenvalue weighted by Gasteiger charge is -2.06. The zero-order valence-corrected chi connectivity index (χ0v) is 11.1. The Kier molecular flexibility index (Phi) is 4.02. The molecular formula is C14H12ClNO3. The van der Waals surface area contributed by atoms with Crippen molar-refractivity contribution in [1.29, 1.82) is 0 Å². The third-order valence-electron chi connectivity index (χ3n) is 2.79. The molecule has 19 heavy (non-hydrogen) atoms. The van der Waals surface area contributed by atoms with Gasteiger partial charge in [-0.15, -0.1) is 0 Å². The lowest BCUT2D eigenvalue weighted by atomic mass is 10.0. The fraction of sp³-hybridized carbons (Fsp3) is 0.143. The molecule has 0 fully saturated rings. The Labute approximate surface area is 115 Å². The van der Waals surface area contributed by atoms with Crippen molar-refractivity contribution in [2.45, 2.75) is 6.42 Å². The molecule has 0 unspecified atom stereocenters. The van der Waals surface area contributed by atoms with Crippen molar-refractivity contribution in [1.82, 2.24) is 0 Å². The van der Waals surface area contributed by atoms with Crippen LogP contribution in [0.4, 0.5) is 5.69 Å². The van der Waals surface area contributed by atoms with Crippen LogP contribution >= 0.6 is 11.6 Å². The molecule has 0 heterocycles. The van der Waals surface area contributed by atoms with E-state index >= 15 is 0 Å². The first-order valence-corrected chi connectivity index (χ1v) is 6.03. The van der Waals surface area contributed by atoms with Crippen LogP contribution in [0.5, 0.6) is 5.75 Å². The molecule has 0 aliphatic carbocycles. The SMILES string of the molecule is COc1ccc(Cc2cc([N+](=O)[O-])ccc2Cl)cc1. The van der Waals surface area contributed by atoms with Crippen LogP contribution in [0.1, 0.15) is 11.1 Å². The smallest absolute Gasteiger partial charge is 0.269 e. The number of nitro benzene ring substituents is 1. The summed E-state index contributed by atoms with van der Waals surface area (Å²) in [5, 5.41) is 11.3. The van der Waals surface area contributed by atoms with Gasteiger partial charge in [0, 0.05) is 17.2 Å². The number of nitro groups is 1. The highest BCUT2D eigenvalue weighted by molar-refractivity contribution is 6.31. The van der Waals surface area contributed by atoms with Gasteiger partial charge in [0.2, 0.25) is 0 Å². The van der Waals surface area contributed by atoms with Gasteiger partial charge in [0.15, 0.2) is 0 Å². The molecule has 0 saturated heterocycles. The summed E-state index contributed by atoms with van der Waals surface area (Å²) in [5.74, 6) is 0.772. The minimum atomic E-state index is -0.423. The highest BCUT2D eigenvalue weighted by atomic mass is 35.5. The first-order valence-electron chi connectivity index (χ1n) is 5.66. The maximum absolute atomic E-state index is 10.7. The van der Waals surface area contributed by atoms with Crippen LogP contribution < -0.4 is 4.74 Å². The Balaban J connectivity index is 2.26. The van der Waals surface area contributed by atoms with Crippen molar-refractivity contribution in [3.63, 3.8) is 0 Å². The first-order chi connectivity index (χ1) is 9.10.